The molecule has 0 fully saturated rings. The number of hydrogen-bond acceptors (Lipinski definition) is 5. The summed E-state index contributed by atoms with van der Waals surface area (Å²) < 4.78 is 10.3. The van der Waals surface area contributed by atoms with Crippen LogP contribution in [0.15, 0.2) is 27.3 Å². The molecule has 2 heterocycles. The minimum absolute atomic E-state index is 0.0519. The first-order valence-electron chi connectivity index (χ1n) is 6.03. The standard InChI is InChI=1S/C13H16N2O4/c1-8(2)13(3,12(16)17)7-10-14-11(15-19-10)9-5-4-6-18-9/h4-6,8H,7H2,1-3H3,(H,16,17). The van der Waals surface area contributed by atoms with Gasteiger partial charge in [-0.3, -0.25) is 4.79 Å². The molecule has 1 N–H and O–H groups in total. The number of aliphatic carboxylic acids is 1. The Kier molecular flexibility index (Phi) is 3.42. The minimum Gasteiger partial charge on any atom is -0.481 e. The van der Waals surface area contributed by atoms with Gasteiger partial charge in [-0.25, -0.2) is 0 Å². The van der Waals surface area contributed by atoms with Gasteiger partial charge in [0.2, 0.25) is 11.7 Å². The first kappa shape index (κ1) is 13.3. The number of carboxylic acid groups (broad SMARTS) is 1. The molecule has 0 spiro atoms. The summed E-state index contributed by atoms with van der Waals surface area (Å²) in [6.45, 7) is 5.40. The maximum absolute atomic E-state index is 11.4. The maximum atomic E-state index is 11.4. The summed E-state index contributed by atoms with van der Waals surface area (Å²) >= 11 is 0. The van der Waals surface area contributed by atoms with Crippen molar-refractivity contribution in [1.82, 2.24) is 10.1 Å². The summed E-state index contributed by atoms with van der Waals surface area (Å²) in [6, 6.07) is 3.44. The van der Waals surface area contributed by atoms with Gasteiger partial charge in [-0.1, -0.05) is 19.0 Å². The Morgan fingerprint density at radius 1 is 1.53 bits per heavy atom. The van der Waals surface area contributed by atoms with Crippen LogP contribution in [0.3, 0.4) is 0 Å². The number of nitrogens with zero attached hydrogens (tertiary/aromatic N) is 2. The fourth-order valence-electron chi connectivity index (χ4n) is 1.67. The van der Waals surface area contributed by atoms with Crippen LogP contribution in [-0.2, 0) is 11.2 Å². The molecule has 0 saturated carbocycles. The van der Waals surface area contributed by atoms with E-state index in [-0.39, 0.29) is 12.3 Å². The van der Waals surface area contributed by atoms with E-state index in [1.54, 1.807) is 19.1 Å². The van der Waals surface area contributed by atoms with Crippen molar-refractivity contribution in [1.29, 1.82) is 0 Å². The van der Waals surface area contributed by atoms with Crippen molar-refractivity contribution in [3.8, 4) is 11.6 Å². The number of hydrogen-bond donors (Lipinski definition) is 1. The van der Waals surface area contributed by atoms with E-state index in [1.165, 1.54) is 6.26 Å². The van der Waals surface area contributed by atoms with E-state index in [4.69, 9.17) is 8.94 Å². The summed E-state index contributed by atoms with van der Waals surface area (Å²) in [6.07, 6.45) is 1.70. The Balaban J connectivity index is 2.22. The average molecular weight is 264 g/mol. The van der Waals surface area contributed by atoms with Gasteiger partial charge in [-0.2, -0.15) is 4.98 Å². The Morgan fingerprint density at radius 2 is 2.26 bits per heavy atom. The smallest absolute Gasteiger partial charge is 0.310 e. The Bertz CT molecular complexity index is 559. The molecule has 0 aliphatic rings. The average Bonchev–Trinajstić information content (AvgIpc) is 2.97. The van der Waals surface area contributed by atoms with Gasteiger partial charge in [-0.15, -0.1) is 0 Å². The Morgan fingerprint density at radius 3 is 2.79 bits per heavy atom. The first-order chi connectivity index (χ1) is 8.93. The second kappa shape index (κ2) is 4.87. The summed E-state index contributed by atoms with van der Waals surface area (Å²) in [4.78, 5) is 15.6. The van der Waals surface area contributed by atoms with Crippen LogP contribution in [0.4, 0.5) is 0 Å². The van der Waals surface area contributed by atoms with E-state index in [2.05, 4.69) is 10.1 Å². The predicted molar refractivity (Wildman–Crippen MR) is 66.3 cm³/mol. The van der Waals surface area contributed by atoms with Gasteiger partial charge in [0, 0.05) is 6.42 Å². The van der Waals surface area contributed by atoms with Crippen LogP contribution >= 0.6 is 0 Å². The first-order valence-corrected chi connectivity index (χ1v) is 6.03. The lowest BCUT2D eigenvalue weighted by atomic mass is 9.76. The highest BCUT2D eigenvalue weighted by Gasteiger charge is 2.38. The van der Waals surface area contributed by atoms with Crippen LogP contribution in [0.2, 0.25) is 0 Å². The molecule has 6 heteroatoms. The lowest BCUT2D eigenvalue weighted by Gasteiger charge is -2.27. The third-order valence-corrected chi connectivity index (χ3v) is 3.49. The number of carbonyl (C=O) groups is 1. The number of rotatable bonds is 5. The van der Waals surface area contributed by atoms with Gasteiger partial charge >= 0.3 is 5.97 Å². The number of furan rings is 1. The van der Waals surface area contributed by atoms with Crippen molar-refractivity contribution < 1.29 is 18.8 Å². The lowest BCUT2D eigenvalue weighted by molar-refractivity contribution is -0.150. The molecular weight excluding hydrogens is 248 g/mol. The van der Waals surface area contributed by atoms with E-state index in [1.807, 2.05) is 13.8 Å². The van der Waals surface area contributed by atoms with Crippen molar-refractivity contribution in [3.63, 3.8) is 0 Å². The van der Waals surface area contributed by atoms with Crippen LogP contribution in [0.1, 0.15) is 26.7 Å². The van der Waals surface area contributed by atoms with Crippen molar-refractivity contribution >= 4 is 5.97 Å². The second-order valence-electron chi connectivity index (χ2n) is 5.04. The minimum atomic E-state index is -0.938. The molecule has 2 aromatic heterocycles. The third kappa shape index (κ3) is 2.52. The van der Waals surface area contributed by atoms with E-state index in [0.29, 0.717) is 17.5 Å². The molecule has 0 aromatic carbocycles. The highest BCUT2D eigenvalue weighted by Crippen LogP contribution is 2.31. The van der Waals surface area contributed by atoms with Gasteiger partial charge in [-0.05, 0) is 25.0 Å². The third-order valence-electron chi connectivity index (χ3n) is 3.49. The summed E-state index contributed by atoms with van der Waals surface area (Å²) in [5, 5.41) is 13.1. The molecule has 0 radical (unpaired) electrons. The zero-order chi connectivity index (χ0) is 14.0. The van der Waals surface area contributed by atoms with Crippen LogP contribution in [0.5, 0.6) is 0 Å². The molecule has 0 aliphatic heterocycles. The molecule has 1 unspecified atom stereocenters. The predicted octanol–water partition coefficient (Wildman–Crippen LogP) is 2.62. The number of aromatic nitrogens is 2. The van der Waals surface area contributed by atoms with E-state index in [9.17, 15) is 9.90 Å². The number of carboxylic acids is 1. The fourth-order valence-corrected chi connectivity index (χ4v) is 1.67. The lowest BCUT2D eigenvalue weighted by Crippen LogP contribution is -2.35. The highest BCUT2D eigenvalue weighted by atomic mass is 16.5. The molecule has 19 heavy (non-hydrogen) atoms. The van der Waals surface area contributed by atoms with Gasteiger partial charge < -0.3 is 14.0 Å². The zero-order valence-corrected chi connectivity index (χ0v) is 11.1. The van der Waals surface area contributed by atoms with Gasteiger partial charge in [0.05, 0.1) is 11.7 Å². The molecule has 0 aliphatic carbocycles. The maximum Gasteiger partial charge on any atom is 0.310 e. The zero-order valence-electron chi connectivity index (χ0n) is 11.1. The Labute approximate surface area is 110 Å². The van der Waals surface area contributed by atoms with E-state index < -0.39 is 11.4 Å². The van der Waals surface area contributed by atoms with E-state index in [0.717, 1.165) is 0 Å². The molecule has 2 aromatic rings. The Hall–Kier alpha value is -2.11. The second-order valence-corrected chi connectivity index (χ2v) is 5.04. The van der Waals surface area contributed by atoms with E-state index >= 15 is 0 Å². The largest absolute Gasteiger partial charge is 0.481 e. The molecule has 102 valence electrons. The van der Waals surface area contributed by atoms with Crippen LogP contribution in [-0.4, -0.2) is 21.2 Å². The van der Waals surface area contributed by atoms with Crippen molar-refractivity contribution in [2.45, 2.75) is 27.2 Å². The highest BCUT2D eigenvalue weighted by molar-refractivity contribution is 5.74. The van der Waals surface area contributed by atoms with Crippen molar-refractivity contribution in [3.05, 3.63) is 24.3 Å². The fraction of sp³-hybridized carbons (Fsp3) is 0.462. The van der Waals surface area contributed by atoms with Gasteiger partial charge in [0.15, 0.2) is 5.76 Å². The normalized spacial score (nSPS) is 14.5. The van der Waals surface area contributed by atoms with Crippen molar-refractivity contribution in [2.24, 2.45) is 11.3 Å². The molecule has 1 atom stereocenters. The molecule has 6 nitrogen and oxygen atoms in total. The SMILES string of the molecule is CC(C)C(C)(Cc1nc(-c2ccco2)no1)C(=O)O. The quantitative estimate of drug-likeness (QED) is 0.892. The molecular formula is C13H16N2O4. The topological polar surface area (TPSA) is 89.4 Å². The molecule has 0 saturated heterocycles. The van der Waals surface area contributed by atoms with Crippen LogP contribution in [0, 0.1) is 11.3 Å². The molecule has 0 amide bonds. The van der Waals surface area contributed by atoms with Crippen LogP contribution < -0.4 is 0 Å². The van der Waals surface area contributed by atoms with Crippen LogP contribution in [0.25, 0.3) is 11.6 Å². The molecule has 0 bridgehead atoms. The van der Waals surface area contributed by atoms with Gasteiger partial charge in [0.25, 0.3) is 0 Å². The summed E-state index contributed by atoms with van der Waals surface area (Å²) in [5.41, 5.74) is -0.938. The monoisotopic (exact) mass is 264 g/mol. The van der Waals surface area contributed by atoms with Crippen molar-refractivity contribution in [2.75, 3.05) is 0 Å². The van der Waals surface area contributed by atoms with Gasteiger partial charge in [0.1, 0.15) is 0 Å². The molecule has 2 rings (SSSR count). The summed E-state index contributed by atoms with van der Waals surface area (Å²) in [7, 11) is 0. The summed E-state index contributed by atoms with van der Waals surface area (Å²) in [5.74, 6) is 0.197.